The lowest BCUT2D eigenvalue weighted by Gasteiger charge is -2.09. The van der Waals surface area contributed by atoms with Crippen LogP contribution in [0.25, 0.3) is 0 Å². The number of amides is 1. The van der Waals surface area contributed by atoms with Crippen molar-refractivity contribution in [1.82, 2.24) is 5.32 Å². The molecule has 0 saturated heterocycles. The van der Waals surface area contributed by atoms with Crippen molar-refractivity contribution in [2.24, 2.45) is 0 Å². The standard InChI is InChI=1S/C7H15NO2/c1-4-6(3)8-7(9)10-5-2/h6H,4-5H2,1-3H3,(H,8,9)/t6-/m1/s1. The maximum Gasteiger partial charge on any atom is 0.407 e. The first-order valence-corrected chi connectivity index (χ1v) is 3.64. The molecule has 10 heavy (non-hydrogen) atoms. The highest BCUT2D eigenvalue weighted by molar-refractivity contribution is 5.67. The molecule has 0 aliphatic carbocycles. The van der Waals surface area contributed by atoms with E-state index >= 15 is 0 Å². The van der Waals surface area contributed by atoms with Crippen molar-refractivity contribution in [3.63, 3.8) is 0 Å². The second-order valence-electron chi connectivity index (χ2n) is 2.17. The van der Waals surface area contributed by atoms with E-state index in [2.05, 4.69) is 10.1 Å². The van der Waals surface area contributed by atoms with E-state index in [0.717, 1.165) is 6.42 Å². The third-order valence-corrected chi connectivity index (χ3v) is 1.25. The lowest BCUT2D eigenvalue weighted by Crippen LogP contribution is -2.32. The predicted octanol–water partition coefficient (Wildman–Crippen LogP) is 1.53. The molecule has 0 aliphatic heterocycles. The molecule has 0 aromatic carbocycles. The van der Waals surface area contributed by atoms with Gasteiger partial charge in [-0.2, -0.15) is 0 Å². The third kappa shape index (κ3) is 4.18. The molecule has 1 amide bonds. The highest BCUT2D eigenvalue weighted by Crippen LogP contribution is 1.88. The van der Waals surface area contributed by atoms with E-state index < -0.39 is 0 Å². The van der Waals surface area contributed by atoms with Gasteiger partial charge in [0.25, 0.3) is 0 Å². The predicted molar refractivity (Wildman–Crippen MR) is 39.9 cm³/mol. The molecule has 1 atom stereocenters. The van der Waals surface area contributed by atoms with Crippen LogP contribution in [0.5, 0.6) is 0 Å². The number of alkyl carbamates (subject to hydrolysis) is 1. The fraction of sp³-hybridized carbons (Fsp3) is 0.857. The summed E-state index contributed by atoms with van der Waals surface area (Å²) >= 11 is 0. The molecule has 0 aliphatic rings. The average Bonchev–Trinajstić information content (AvgIpc) is 1.88. The molecule has 0 spiro atoms. The Morgan fingerprint density at radius 3 is 2.60 bits per heavy atom. The van der Waals surface area contributed by atoms with Crippen molar-refractivity contribution in [2.75, 3.05) is 6.61 Å². The minimum atomic E-state index is -0.322. The molecular weight excluding hydrogens is 130 g/mol. The quantitative estimate of drug-likeness (QED) is 0.654. The van der Waals surface area contributed by atoms with Gasteiger partial charge in [0.2, 0.25) is 0 Å². The highest BCUT2D eigenvalue weighted by atomic mass is 16.5. The second-order valence-corrected chi connectivity index (χ2v) is 2.17. The second kappa shape index (κ2) is 5.09. The van der Waals surface area contributed by atoms with Crippen molar-refractivity contribution in [3.8, 4) is 0 Å². The summed E-state index contributed by atoms with van der Waals surface area (Å²) in [6.45, 7) is 6.17. The number of carbonyl (C=O) groups excluding carboxylic acids is 1. The van der Waals surface area contributed by atoms with Gasteiger partial charge in [0.1, 0.15) is 0 Å². The fourth-order valence-electron chi connectivity index (χ4n) is 0.476. The largest absolute Gasteiger partial charge is 0.450 e. The zero-order valence-electron chi connectivity index (χ0n) is 6.81. The van der Waals surface area contributed by atoms with Crippen LogP contribution < -0.4 is 5.32 Å². The van der Waals surface area contributed by atoms with E-state index in [0.29, 0.717) is 6.61 Å². The van der Waals surface area contributed by atoms with Crippen molar-refractivity contribution in [3.05, 3.63) is 0 Å². The SMILES string of the molecule is CCOC(=O)N[C@H](C)CC. The summed E-state index contributed by atoms with van der Waals surface area (Å²) < 4.78 is 4.66. The Morgan fingerprint density at radius 1 is 1.60 bits per heavy atom. The first-order chi connectivity index (χ1) is 4.70. The van der Waals surface area contributed by atoms with E-state index in [1.807, 2.05) is 13.8 Å². The number of rotatable bonds is 3. The summed E-state index contributed by atoms with van der Waals surface area (Å²) in [6.07, 6.45) is 0.607. The number of hydrogen-bond donors (Lipinski definition) is 1. The van der Waals surface area contributed by atoms with Gasteiger partial charge >= 0.3 is 6.09 Å². The molecule has 0 bridgehead atoms. The van der Waals surface area contributed by atoms with Gasteiger partial charge in [0.05, 0.1) is 6.61 Å². The molecule has 60 valence electrons. The first-order valence-electron chi connectivity index (χ1n) is 3.64. The van der Waals surface area contributed by atoms with Gasteiger partial charge in [-0.3, -0.25) is 0 Å². The van der Waals surface area contributed by atoms with Gasteiger partial charge in [0.15, 0.2) is 0 Å². The van der Waals surface area contributed by atoms with Crippen LogP contribution in [0.1, 0.15) is 27.2 Å². The smallest absolute Gasteiger partial charge is 0.407 e. The normalized spacial score (nSPS) is 12.3. The Labute approximate surface area is 61.8 Å². The summed E-state index contributed by atoms with van der Waals surface area (Å²) in [7, 11) is 0. The Kier molecular flexibility index (Phi) is 4.72. The van der Waals surface area contributed by atoms with E-state index in [-0.39, 0.29) is 12.1 Å². The maximum atomic E-state index is 10.7. The van der Waals surface area contributed by atoms with Gasteiger partial charge in [-0.05, 0) is 20.3 Å². The Balaban J connectivity index is 3.37. The van der Waals surface area contributed by atoms with Gasteiger partial charge in [0, 0.05) is 6.04 Å². The molecule has 0 saturated carbocycles. The van der Waals surface area contributed by atoms with E-state index in [9.17, 15) is 4.79 Å². The van der Waals surface area contributed by atoms with Crippen LogP contribution in [0.3, 0.4) is 0 Å². The lowest BCUT2D eigenvalue weighted by molar-refractivity contribution is 0.148. The van der Waals surface area contributed by atoms with Gasteiger partial charge in [-0.15, -0.1) is 0 Å². The van der Waals surface area contributed by atoms with Crippen LogP contribution in [-0.4, -0.2) is 18.7 Å². The Morgan fingerprint density at radius 2 is 2.20 bits per heavy atom. The number of hydrogen-bond acceptors (Lipinski definition) is 2. The summed E-state index contributed by atoms with van der Waals surface area (Å²) in [5, 5.41) is 2.67. The van der Waals surface area contributed by atoms with Crippen molar-refractivity contribution >= 4 is 6.09 Å². The molecule has 3 nitrogen and oxygen atoms in total. The Bertz CT molecular complexity index is 104. The van der Waals surface area contributed by atoms with Crippen LogP contribution in [0.2, 0.25) is 0 Å². The average molecular weight is 145 g/mol. The van der Waals surface area contributed by atoms with Crippen molar-refractivity contribution < 1.29 is 9.53 Å². The first kappa shape index (κ1) is 9.27. The molecule has 0 heterocycles. The molecule has 3 heteroatoms. The van der Waals surface area contributed by atoms with Gasteiger partial charge < -0.3 is 10.1 Å². The maximum absolute atomic E-state index is 10.7. The van der Waals surface area contributed by atoms with Crippen molar-refractivity contribution in [1.29, 1.82) is 0 Å². The fourth-order valence-corrected chi connectivity index (χ4v) is 0.476. The third-order valence-electron chi connectivity index (χ3n) is 1.25. The van der Waals surface area contributed by atoms with Gasteiger partial charge in [-0.1, -0.05) is 6.92 Å². The molecule has 0 unspecified atom stereocenters. The van der Waals surface area contributed by atoms with Crippen molar-refractivity contribution in [2.45, 2.75) is 33.2 Å². The summed E-state index contributed by atoms with van der Waals surface area (Å²) in [6, 6.07) is 0.207. The lowest BCUT2D eigenvalue weighted by atomic mass is 10.3. The monoisotopic (exact) mass is 145 g/mol. The molecule has 1 N–H and O–H groups in total. The van der Waals surface area contributed by atoms with Crippen LogP contribution in [0, 0.1) is 0 Å². The number of ether oxygens (including phenoxy) is 1. The van der Waals surface area contributed by atoms with Crippen LogP contribution >= 0.6 is 0 Å². The van der Waals surface area contributed by atoms with E-state index in [1.54, 1.807) is 6.92 Å². The highest BCUT2D eigenvalue weighted by Gasteiger charge is 2.03. The Hall–Kier alpha value is -0.730. The van der Waals surface area contributed by atoms with Gasteiger partial charge in [-0.25, -0.2) is 4.79 Å². The zero-order valence-corrected chi connectivity index (χ0v) is 6.81. The minimum absolute atomic E-state index is 0.207. The van der Waals surface area contributed by atoms with E-state index in [1.165, 1.54) is 0 Å². The number of nitrogens with one attached hydrogen (secondary N) is 1. The zero-order chi connectivity index (χ0) is 7.98. The number of carbonyl (C=O) groups is 1. The molecular formula is C7H15NO2. The minimum Gasteiger partial charge on any atom is -0.450 e. The molecule has 0 radical (unpaired) electrons. The summed E-state index contributed by atoms with van der Waals surface area (Å²) in [4.78, 5) is 10.7. The molecule has 0 rings (SSSR count). The summed E-state index contributed by atoms with van der Waals surface area (Å²) in [5.41, 5.74) is 0. The van der Waals surface area contributed by atoms with Crippen LogP contribution in [-0.2, 0) is 4.74 Å². The molecule has 0 aromatic rings. The van der Waals surface area contributed by atoms with E-state index in [4.69, 9.17) is 0 Å². The van der Waals surface area contributed by atoms with Crippen LogP contribution in [0.15, 0.2) is 0 Å². The topological polar surface area (TPSA) is 38.3 Å². The summed E-state index contributed by atoms with van der Waals surface area (Å²) in [5.74, 6) is 0. The molecule has 0 aromatic heterocycles. The van der Waals surface area contributed by atoms with Crippen LogP contribution in [0.4, 0.5) is 4.79 Å². The molecule has 0 fully saturated rings.